The molecule has 0 bridgehead atoms. The topological polar surface area (TPSA) is 98.4 Å². The van der Waals surface area contributed by atoms with Gasteiger partial charge >= 0.3 is 6.09 Å². The number of fused-ring (bicyclic) bond motifs is 1. The highest BCUT2D eigenvalue weighted by atomic mass is 32.1. The zero-order valence-corrected chi connectivity index (χ0v) is 16.4. The molecule has 2 aromatic heterocycles. The second kappa shape index (κ2) is 6.96. The molecule has 8 heteroatoms. The summed E-state index contributed by atoms with van der Waals surface area (Å²) in [7, 11) is 1.73. The van der Waals surface area contributed by atoms with Gasteiger partial charge in [-0.15, -0.1) is 11.3 Å². The van der Waals surface area contributed by atoms with Crippen LogP contribution in [0.3, 0.4) is 0 Å². The number of thiophene rings is 1. The van der Waals surface area contributed by atoms with Gasteiger partial charge in [0.2, 0.25) is 0 Å². The molecule has 27 heavy (non-hydrogen) atoms. The number of hydrogen-bond acceptors (Lipinski definition) is 5. The fourth-order valence-corrected chi connectivity index (χ4v) is 3.43. The second-order valence-electron chi connectivity index (χ2n) is 7.21. The molecule has 0 aliphatic carbocycles. The number of nitrogen functional groups attached to an aromatic ring is 1. The van der Waals surface area contributed by atoms with Crippen molar-refractivity contribution in [3.05, 3.63) is 42.2 Å². The van der Waals surface area contributed by atoms with E-state index in [9.17, 15) is 9.59 Å². The van der Waals surface area contributed by atoms with Crippen molar-refractivity contribution in [2.75, 3.05) is 16.4 Å². The van der Waals surface area contributed by atoms with Crippen LogP contribution in [-0.4, -0.2) is 22.2 Å². The summed E-state index contributed by atoms with van der Waals surface area (Å²) in [6.07, 6.45) is 1.09. The Morgan fingerprint density at radius 2 is 1.85 bits per heavy atom. The fourth-order valence-electron chi connectivity index (χ4n) is 2.62. The molecule has 1 aromatic carbocycles. The Kier molecular flexibility index (Phi) is 4.84. The smallest absolute Gasteiger partial charge is 0.412 e. The summed E-state index contributed by atoms with van der Waals surface area (Å²) in [5, 5.41) is 7.21. The lowest BCUT2D eigenvalue weighted by Gasteiger charge is -2.19. The Balaban J connectivity index is 1.72. The molecule has 4 N–H and O–H groups in total. The maximum Gasteiger partial charge on any atom is 0.412 e. The number of nitrogens with one attached hydrogen (secondary N) is 2. The van der Waals surface area contributed by atoms with E-state index >= 15 is 0 Å². The van der Waals surface area contributed by atoms with Gasteiger partial charge in [0.25, 0.3) is 5.91 Å². The van der Waals surface area contributed by atoms with Gasteiger partial charge in [0.05, 0.1) is 10.7 Å². The molecular weight excluding hydrogens is 364 g/mol. The highest BCUT2D eigenvalue weighted by Crippen LogP contribution is 2.29. The molecular formula is C19H22N4O3S. The van der Waals surface area contributed by atoms with Crippen molar-refractivity contribution in [2.45, 2.75) is 26.4 Å². The van der Waals surface area contributed by atoms with Crippen LogP contribution in [0.2, 0.25) is 0 Å². The van der Waals surface area contributed by atoms with E-state index in [0.717, 1.165) is 15.1 Å². The largest absolute Gasteiger partial charge is 0.444 e. The zero-order chi connectivity index (χ0) is 19.8. The van der Waals surface area contributed by atoms with Crippen molar-refractivity contribution in [1.29, 1.82) is 0 Å². The number of nitrogens with two attached hydrogens (primary N) is 1. The van der Waals surface area contributed by atoms with Crippen molar-refractivity contribution in [3.8, 4) is 0 Å². The van der Waals surface area contributed by atoms with Crippen LogP contribution < -0.4 is 16.4 Å². The van der Waals surface area contributed by atoms with Crippen molar-refractivity contribution >= 4 is 49.8 Å². The average Bonchev–Trinajstić information content (AvgIpc) is 3.06. The van der Waals surface area contributed by atoms with Crippen LogP contribution in [0.15, 0.2) is 36.5 Å². The molecule has 3 rings (SSSR count). The maximum absolute atomic E-state index is 12.6. The minimum Gasteiger partial charge on any atom is -0.444 e. The summed E-state index contributed by atoms with van der Waals surface area (Å²) >= 11 is 1.50. The average molecular weight is 386 g/mol. The number of carbonyl (C=O) groups excluding carboxylic acids is 2. The summed E-state index contributed by atoms with van der Waals surface area (Å²) in [6, 6.07) is 9.11. The van der Waals surface area contributed by atoms with Gasteiger partial charge in [-0.2, -0.15) is 0 Å². The van der Waals surface area contributed by atoms with Crippen LogP contribution in [0.1, 0.15) is 31.3 Å². The third-order valence-electron chi connectivity index (χ3n) is 3.68. The van der Waals surface area contributed by atoms with E-state index in [-0.39, 0.29) is 5.91 Å². The van der Waals surface area contributed by atoms with Gasteiger partial charge in [0.15, 0.2) is 0 Å². The Bertz CT molecular complexity index is 1010. The summed E-state index contributed by atoms with van der Waals surface area (Å²) < 4.78 is 7.93. The molecule has 2 amide bonds. The SMILES string of the molecule is Cn1cc(NC(=O)OC(C)(C)C)cc1C(=O)Nc1ccc2sc(N)cc2c1. The fraction of sp³-hybridized carbons (Fsp3) is 0.263. The minimum absolute atomic E-state index is 0.280. The summed E-state index contributed by atoms with van der Waals surface area (Å²) in [4.78, 5) is 24.5. The van der Waals surface area contributed by atoms with Crippen molar-refractivity contribution in [2.24, 2.45) is 7.05 Å². The third-order valence-corrected chi connectivity index (χ3v) is 4.62. The molecule has 0 saturated carbocycles. The van der Waals surface area contributed by atoms with E-state index in [0.29, 0.717) is 17.1 Å². The first kappa shape index (κ1) is 18.8. The number of aromatic nitrogens is 1. The standard InChI is InChI=1S/C19H22N4O3S/c1-19(2,3)26-18(25)22-13-9-14(23(4)10-13)17(24)21-12-5-6-15-11(7-12)8-16(20)27-15/h5-10H,20H2,1-4H3,(H,21,24)(H,22,25). The van der Waals surface area contributed by atoms with Gasteiger partial charge in [0, 0.05) is 23.6 Å². The number of anilines is 3. The molecule has 0 fully saturated rings. The number of amides is 2. The number of carbonyl (C=O) groups is 2. The third kappa shape index (κ3) is 4.59. The van der Waals surface area contributed by atoms with Crippen molar-refractivity contribution < 1.29 is 14.3 Å². The number of benzene rings is 1. The Morgan fingerprint density at radius 1 is 1.11 bits per heavy atom. The van der Waals surface area contributed by atoms with Crippen LogP contribution in [0.4, 0.5) is 21.2 Å². The first-order chi connectivity index (χ1) is 12.6. The van der Waals surface area contributed by atoms with E-state index < -0.39 is 11.7 Å². The zero-order valence-electron chi connectivity index (χ0n) is 15.6. The normalized spacial score (nSPS) is 11.4. The van der Waals surface area contributed by atoms with E-state index in [1.54, 1.807) is 44.6 Å². The molecule has 0 spiro atoms. The van der Waals surface area contributed by atoms with Gasteiger partial charge in [-0.05, 0) is 56.5 Å². The predicted molar refractivity (Wildman–Crippen MR) is 109 cm³/mol. The molecule has 0 aliphatic heterocycles. The Hall–Kier alpha value is -3.00. The summed E-state index contributed by atoms with van der Waals surface area (Å²) in [6.45, 7) is 5.36. The highest BCUT2D eigenvalue weighted by Gasteiger charge is 2.18. The van der Waals surface area contributed by atoms with E-state index in [2.05, 4.69) is 10.6 Å². The number of ether oxygens (including phenoxy) is 1. The van der Waals surface area contributed by atoms with Crippen LogP contribution in [0.25, 0.3) is 10.1 Å². The molecule has 142 valence electrons. The lowest BCUT2D eigenvalue weighted by Crippen LogP contribution is -2.27. The van der Waals surface area contributed by atoms with E-state index in [4.69, 9.17) is 10.5 Å². The number of nitrogens with zero attached hydrogens (tertiary/aromatic N) is 1. The van der Waals surface area contributed by atoms with Gasteiger partial charge in [0.1, 0.15) is 11.3 Å². The predicted octanol–water partition coefficient (Wildman–Crippen LogP) is 4.42. The van der Waals surface area contributed by atoms with Gasteiger partial charge in [-0.3, -0.25) is 10.1 Å². The number of hydrogen-bond donors (Lipinski definition) is 3. The Labute approximate surface area is 161 Å². The molecule has 3 aromatic rings. The summed E-state index contributed by atoms with van der Waals surface area (Å²) in [5.74, 6) is -0.280. The van der Waals surface area contributed by atoms with Crippen LogP contribution in [0.5, 0.6) is 0 Å². The molecule has 0 saturated heterocycles. The van der Waals surface area contributed by atoms with E-state index in [1.165, 1.54) is 11.3 Å². The second-order valence-corrected chi connectivity index (χ2v) is 8.32. The van der Waals surface area contributed by atoms with Crippen molar-refractivity contribution in [1.82, 2.24) is 4.57 Å². The van der Waals surface area contributed by atoms with E-state index in [1.807, 2.05) is 24.3 Å². The first-order valence-corrected chi connectivity index (χ1v) is 9.19. The molecule has 0 atom stereocenters. The lowest BCUT2D eigenvalue weighted by atomic mass is 10.2. The van der Waals surface area contributed by atoms with Crippen LogP contribution in [-0.2, 0) is 11.8 Å². The number of aryl methyl sites for hydroxylation is 1. The van der Waals surface area contributed by atoms with Crippen LogP contribution >= 0.6 is 11.3 Å². The van der Waals surface area contributed by atoms with Gasteiger partial charge in [-0.1, -0.05) is 0 Å². The van der Waals surface area contributed by atoms with Crippen LogP contribution in [0, 0.1) is 0 Å². The minimum atomic E-state index is -0.594. The molecule has 2 heterocycles. The lowest BCUT2D eigenvalue weighted by molar-refractivity contribution is 0.0635. The summed E-state index contributed by atoms with van der Waals surface area (Å²) in [5.41, 5.74) is 6.79. The number of rotatable bonds is 3. The van der Waals surface area contributed by atoms with Gasteiger partial charge in [-0.25, -0.2) is 4.79 Å². The first-order valence-electron chi connectivity index (χ1n) is 8.37. The quantitative estimate of drug-likeness (QED) is 0.620. The molecule has 0 aliphatic rings. The highest BCUT2D eigenvalue weighted by molar-refractivity contribution is 7.22. The monoisotopic (exact) mass is 386 g/mol. The van der Waals surface area contributed by atoms with Gasteiger partial charge < -0.3 is 20.4 Å². The molecule has 7 nitrogen and oxygen atoms in total. The molecule has 0 unspecified atom stereocenters. The Morgan fingerprint density at radius 3 is 2.56 bits per heavy atom. The molecule has 0 radical (unpaired) electrons. The maximum atomic E-state index is 12.6. The van der Waals surface area contributed by atoms with Crippen molar-refractivity contribution in [3.63, 3.8) is 0 Å².